The summed E-state index contributed by atoms with van der Waals surface area (Å²) >= 11 is 0. The van der Waals surface area contributed by atoms with Gasteiger partial charge in [-0.05, 0) is 55.0 Å². The fourth-order valence-electron chi connectivity index (χ4n) is 3.06. The largest absolute Gasteiger partial charge is 0.494 e. The minimum absolute atomic E-state index is 0.0350. The number of benzene rings is 2. The van der Waals surface area contributed by atoms with Crippen molar-refractivity contribution < 1.29 is 19.1 Å². The van der Waals surface area contributed by atoms with Gasteiger partial charge in [-0.15, -0.1) is 0 Å². The molecule has 1 aliphatic rings. The van der Waals surface area contributed by atoms with E-state index in [1.165, 1.54) is 0 Å². The van der Waals surface area contributed by atoms with Gasteiger partial charge in [0.1, 0.15) is 11.8 Å². The predicted octanol–water partition coefficient (Wildman–Crippen LogP) is 2.11. The first-order valence-corrected chi connectivity index (χ1v) is 9.83. The van der Waals surface area contributed by atoms with Gasteiger partial charge in [0.05, 0.1) is 18.7 Å². The van der Waals surface area contributed by atoms with Crippen molar-refractivity contribution in [3.8, 4) is 5.75 Å². The van der Waals surface area contributed by atoms with Crippen LogP contribution in [0.2, 0.25) is 0 Å². The monoisotopic (exact) mass is 410 g/mol. The number of hydrazine groups is 1. The molecule has 0 aliphatic carbocycles. The van der Waals surface area contributed by atoms with Crippen LogP contribution in [0.1, 0.15) is 30.1 Å². The Bertz CT molecular complexity index is 910. The Labute approximate surface area is 175 Å². The summed E-state index contributed by atoms with van der Waals surface area (Å²) in [6.45, 7) is 2.62. The highest BCUT2D eigenvalue weighted by Gasteiger charge is 2.39. The van der Waals surface area contributed by atoms with Crippen LogP contribution in [0.3, 0.4) is 0 Å². The number of hydrogen-bond acceptors (Lipinski definition) is 6. The summed E-state index contributed by atoms with van der Waals surface area (Å²) in [6, 6.07) is 13.0. The van der Waals surface area contributed by atoms with E-state index < -0.39 is 11.9 Å². The van der Waals surface area contributed by atoms with Crippen LogP contribution in [-0.4, -0.2) is 44.5 Å². The number of amides is 3. The summed E-state index contributed by atoms with van der Waals surface area (Å²) in [7, 11) is 3.83. The maximum absolute atomic E-state index is 12.7. The summed E-state index contributed by atoms with van der Waals surface area (Å²) in [5, 5.41) is 0. The third kappa shape index (κ3) is 4.77. The van der Waals surface area contributed by atoms with Crippen LogP contribution < -0.4 is 25.4 Å². The predicted molar refractivity (Wildman–Crippen MR) is 114 cm³/mol. The number of anilines is 2. The van der Waals surface area contributed by atoms with Crippen LogP contribution in [0.15, 0.2) is 48.5 Å². The fraction of sp³-hybridized carbons (Fsp3) is 0.318. The van der Waals surface area contributed by atoms with Crippen molar-refractivity contribution in [1.29, 1.82) is 0 Å². The first-order valence-electron chi connectivity index (χ1n) is 9.83. The van der Waals surface area contributed by atoms with Gasteiger partial charge in [0, 0.05) is 25.3 Å². The first kappa shape index (κ1) is 21.3. The van der Waals surface area contributed by atoms with Crippen molar-refractivity contribution in [2.24, 2.45) is 0 Å². The smallest absolute Gasteiger partial charge is 0.265 e. The fourth-order valence-corrected chi connectivity index (χ4v) is 3.06. The van der Waals surface area contributed by atoms with Crippen molar-refractivity contribution in [2.75, 3.05) is 30.5 Å². The Balaban J connectivity index is 1.60. The highest BCUT2D eigenvalue weighted by molar-refractivity contribution is 6.22. The van der Waals surface area contributed by atoms with Crippen molar-refractivity contribution in [1.82, 2.24) is 10.9 Å². The van der Waals surface area contributed by atoms with Crippen LogP contribution >= 0.6 is 0 Å². The van der Waals surface area contributed by atoms with E-state index in [4.69, 9.17) is 4.74 Å². The van der Waals surface area contributed by atoms with E-state index in [2.05, 4.69) is 10.9 Å². The highest BCUT2D eigenvalue weighted by atomic mass is 16.5. The summed E-state index contributed by atoms with van der Waals surface area (Å²) in [6.07, 6.45) is 0.858. The van der Waals surface area contributed by atoms with Crippen LogP contribution in [0.25, 0.3) is 0 Å². The molecule has 0 aromatic heterocycles. The number of ether oxygens (including phenoxy) is 1. The van der Waals surface area contributed by atoms with Gasteiger partial charge in [-0.2, -0.15) is 0 Å². The van der Waals surface area contributed by atoms with Gasteiger partial charge >= 0.3 is 0 Å². The van der Waals surface area contributed by atoms with E-state index in [0.717, 1.165) is 17.0 Å². The summed E-state index contributed by atoms with van der Waals surface area (Å²) in [5.74, 6) is -0.437. The van der Waals surface area contributed by atoms with E-state index in [1.807, 2.05) is 38.1 Å². The summed E-state index contributed by atoms with van der Waals surface area (Å²) in [5.41, 5.74) is 7.11. The Kier molecular flexibility index (Phi) is 6.68. The van der Waals surface area contributed by atoms with E-state index in [1.54, 1.807) is 36.4 Å². The molecule has 2 aromatic rings. The SMILES string of the molecule is CCCOc1ccc(N2C(=O)C[C@H](NNC(=O)c3ccc(N(C)C)cc3)C2=O)cc1. The van der Waals surface area contributed by atoms with Gasteiger partial charge < -0.3 is 9.64 Å². The van der Waals surface area contributed by atoms with E-state index in [0.29, 0.717) is 23.6 Å². The van der Waals surface area contributed by atoms with E-state index in [9.17, 15) is 14.4 Å². The second kappa shape index (κ2) is 9.41. The Morgan fingerprint density at radius 3 is 2.37 bits per heavy atom. The molecular formula is C22H26N4O4. The van der Waals surface area contributed by atoms with Gasteiger partial charge in [-0.3, -0.25) is 19.8 Å². The summed E-state index contributed by atoms with van der Waals surface area (Å²) in [4.78, 5) is 40.5. The standard InChI is InChI=1S/C22H26N4O4/c1-4-13-30-18-11-9-17(10-12-18)26-20(27)14-19(22(26)29)23-24-21(28)15-5-7-16(8-6-15)25(2)3/h5-12,19,23H,4,13-14H2,1-3H3,(H,24,28)/t19-/m0/s1. The molecule has 1 atom stereocenters. The topological polar surface area (TPSA) is 91.0 Å². The van der Waals surface area contributed by atoms with Crippen LogP contribution in [0, 0.1) is 0 Å². The Hall–Kier alpha value is -3.39. The third-order valence-corrected chi connectivity index (χ3v) is 4.72. The maximum Gasteiger partial charge on any atom is 0.265 e. The second-order valence-corrected chi connectivity index (χ2v) is 7.21. The molecule has 1 saturated heterocycles. The lowest BCUT2D eigenvalue weighted by molar-refractivity contribution is -0.121. The maximum atomic E-state index is 12.7. The zero-order chi connectivity index (χ0) is 21.7. The lowest BCUT2D eigenvalue weighted by Gasteiger charge is -2.17. The minimum Gasteiger partial charge on any atom is -0.494 e. The molecule has 2 aromatic carbocycles. The first-order chi connectivity index (χ1) is 14.4. The number of carbonyl (C=O) groups is 3. The number of hydrogen-bond donors (Lipinski definition) is 2. The van der Waals surface area contributed by atoms with Crippen molar-refractivity contribution >= 4 is 29.1 Å². The highest BCUT2D eigenvalue weighted by Crippen LogP contribution is 2.25. The molecule has 1 heterocycles. The molecule has 0 radical (unpaired) electrons. The molecule has 30 heavy (non-hydrogen) atoms. The number of nitrogens with zero attached hydrogens (tertiary/aromatic N) is 2. The van der Waals surface area contributed by atoms with E-state index >= 15 is 0 Å². The quantitative estimate of drug-likeness (QED) is 0.512. The molecule has 8 nitrogen and oxygen atoms in total. The number of imide groups is 1. The molecule has 1 aliphatic heterocycles. The van der Waals surface area contributed by atoms with Crippen molar-refractivity contribution in [3.05, 3.63) is 54.1 Å². The number of rotatable bonds is 8. The van der Waals surface area contributed by atoms with Gasteiger partial charge in [0.15, 0.2) is 0 Å². The third-order valence-electron chi connectivity index (χ3n) is 4.72. The average molecular weight is 410 g/mol. The van der Waals surface area contributed by atoms with Gasteiger partial charge in [-0.25, -0.2) is 10.3 Å². The van der Waals surface area contributed by atoms with Crippen molar-refractivity contribution in [3.63, 3.8) is 0 Å². The Morgan fingerprint density at radius 1 is 1.10 bits per heavy atom. The molecular weight excluding hydrogens is 384 g/mol. The molecule has 3 rings (SSSR count). The molecule has 0 spiro atoms. The molecule has 0 unspecified atom stereocenters. The summed E-state index contributed by atoms with van der Waals surface area (Å²) < 4.78 is 5.52. The van der Waals surface area contributed by atoms with Crippen LogP contribution in [-0.2, 0) is 9.59 Å². The van der Waals surface area contributed by atoms with Crippen LogP contribution in [0.4, 0.5) is 11.4 Å². The molecule has 1 fully saturated rings. The molecule has 3 amide bonds. The van der Waals surface area contributed by atoms with Gasteiger partial charge in [0.2, 0.25) is 5.91 Å². The molecule has 2 N–H and O–H groups in total. The number of nitrogens with one attached hydrogen (secondary N) is 2. The Morgan fingerprint density at radius 2 is 1.77 bits per heavy atom. The second-order valence-electron chi connectivity index (χ2n) is 7.21. The average Bonchev–Trinajstić information content (AvgIpc) is 3.04. The lowest BCUT2D eigenvalue weighted by Crippen LogP contribution is -2.48. The minimum atomic E-state index is -0.821. The molecule has 0 saturated carbocycles. The zero-order valence-corrected chi connectivity index (χ0v) is 17.3. The normalized spacial score (nSPS) is 16.0. The van der Waals surface area contributed by atoms with Gasteiger partial charge in [0.25, 0.3) is 11.8 Å². The molecule has 8 heteroatoms. The zero-order valence-electron chi connectivity index (χ0n) is 17.3. The van der Waals surface area contributed by atoms with Gasteiger partial charge in [-0.1, -0.05) is 6.92 Å². The lowest BCUT2D eigenvalue weighted by atomic mass is 10.2. The molecule has 0 bridgehead atoms. The van der Waals surface area contributed by atoms with Crippen molar-refractivity contribution in [2.45, 2.75) is 25.8 Å². The van der Waals surface area contributed by atoms with E-state index in [-0.39, 0.29) is 18.2 Å². The van der Waals surface area contributed by atoms with Crippen LogP contribution in [0.5, 0.6) is 5.75 Å². The number of carbonyl (C=O) groups excluding carboxylic acids is 3. The molecule has 158 valence electrons.